The molecule has 0 radical (unpaired) electrons. The van der Waals surface area contributed by atoms with Crippen molar-refractivity contribution in [2.75, 3.05) is 22.4 Å². The fourth-order valence-corrected chi connectivity index (χ4v) is 7.39. The number of amides is 1. The van der Waals surface area contributed by atoms with Gasteiger partial charge in [-0.1, -0.05) is 25.3 Å². The van der Waals surface area contributed by atoms with Gasteiger partial charge in [0, 0.05) is 28.9 Å². The highest BCUT2D eigenvalue weighted by molar-refractivity contribution is 7.92. The van der Waals surface area contributed by atoms with Crippen molar-refractivity contribution in [1.29, 1.82) is 5.26 Å². The Labute approximate surface area is 211 Å². The molecule has 9 nitrogen and oxygen atoms in total. The van der Waals surface area contributed by atoms with Crippen LogP contribution in [0.15, 0.2) is 47.4 Å². The number of hydrogen-bond donors (Lipinski definition) is 2. The lowest BCUT2D eigenvalue weighted by Crippen LogP contribution is -2.38. The van der Waals surface area contributed by atoms with Crippen LogP contribution in [-0.4, -0.2) is 41.1 Å². The Kier molecular flexibility index (Phi) is 5.89. The molecule has 1 spiro atoms. The van der Waals surface area contributed by atoms with E-state index in [1.165, 1.54) is 18.2 Å². The lowest BCUT2D eigenvalue weighted by molar-refractivity contribution is 0.0982. The second-order valence-corrected chi connectivity index (χ2v) is 13.6. The van der Waals surface area contributed by atoms with Crippen LogP contribution in [0.3, 0.4) is 0 Å². The number of carbonyl (C=O) groups excluding carboxylic acids is 1. The van der Waals surface area contributed by atoms with E-state index in [2.05, 4.69) is 9.44 Å². The Morgan fingerprint density at radius 2 is 1.72 bits per heavy atom. The number of nitriles is 1. The molecule has 36 heavy (non-hydrogen) atoms. The summed E-state index contributed by atoms with van der Waals surface area (Å²) >= 11 is 0. The zero-order valence-electron chi connectivity index (χ0n) is 20.0. The van der Waals surface area contributed by atoms with E-state index in [4.69, 9.17) is 0 Å². The van der Waals surface area contributed by atoms with Crippen LogP contribution in [0.5, 0.6) is 0 Å². The second-order valence-electron chi connectivity index (χ2n) is 10.2. The lowest BCUT2D eigenvalue weighted by atomic mass is 9.70. The summed E-state index contributed by atoms with van der Waals surface area (Å²) in [7, 11) is -7.42. The Hall–Kier alpha value is -2.94. The average Bonchev–Trinajstić information content (AvgIpc) is 3.54. The van der Waals surface area contributed by atoms with Crippen LogP contribution >= 0.6 is 0 Å². The van der Waals surface area contributed by atoms with E-state index in [0.717, 1.165) is 43.9 Å². The zero-order valence-corrected chi connectivity index (χ0v) is 21.6. The fraction of sp³-hybridized carbons (Fsp3) is 0.440. The highest BCUT2D eigenvalue weighted by atomic mass is 32.2. The number of anilines is 2. The molecular formula is C25H28N4O5S2. The van der Waals surface area contributed by atoms with Gasteiger partial charge < -0.3 is 4.90 Å². The minimum atomic E-state index is -3.97. The van der Waals surface area contributed by atoms with Gasteiger partial charge in [0.05, 0.1) is 17.2 Å². The minimum absolute atomic E-state index is 0.0608. The molecule has 2 aliphatic carbocycles. The summed E-state index contributed by atoms with van der Waals surface area (Å²) in [6.07, 6.45) is 6.96. The van der Waals surface area contributed by atoms with Crippen LogP contribution in [0.4, 0.5) is 11.4 Å². The molecule has 2 aromatic carbocycles. The summed E-state index contributed by atoms with van der Waals surface area (Å²) in [5.41, 5.74) is 1.03. The van der Waals surface area contributed by atoms with Crippen molar-refractivity contribution < 1.29 is 21.6 Å². The van der Waals surface area contributed by atoms with Gasteiger partial charge in [-0.15, -0.1) is 0 Å². The Morgan fingerprint density at radius 1 is 1.00 bits per heavy atom. The van der Waals surface area contributed by atoms with Gasteiger partial charge in [-0.3, -0.25) is 9.52 Å². The first-order chi connectivity index (χ1) is 17.0. The van der Waals surface area contributed by atoms with E-state index in [-0.39, 0.29) is 21.8 Å². The second kappa shape index (κ2) is 8.57. The van der Waals surface area contributed by atoms with Gasteiger partial charge in [-0.25, -0.2) is 16.8 Å². The summed E-state index contributed by atoms with van der Waals surface area (Å²) in [6.45, 7) is 0.455. The van der Waals surface area contributed by atoms with Crippen molar-refractivity contribution >= 4 is 37.3 Å². The lowest BCUT2D eigenvalue weighted by Gasteiger charge is -2.34. The van der Waals surface area contributed by atoms with E-state index in [1.54, 1.807) is 23.1 Å². The van der Waals surface area contributed by atoms with Crippen molar-refractivity contribution in [3.63, 3.8) is 0 Å². The predicted molar refractivity (Wildman–Crippen MR) is 136 cm³/mol. The summed E-state index contributed by atoms with van der Waals surface area (Å²) < 4.78 is 54.4. The molecule has 190 valence electrons. The van der Waals surface area contributed by atoms with E-state index in [1.807, 2.05) is 12.1 Å². The number of carbonyl (C=O) groups is 1. The Bertz CT molecular complexity index is 1480. The predicted octanol–water partition coefficient (Wildman–Crippen LogP) is 3.25. The van der Waals surface area contributed by atoms with Gasteiger partial charge in [0.15, 0.2) is 0 Å². The van der Waals surface area contributed by atoms with Gasteiger partial charge in [0.2, 0.25) is 20.0 Å². The average molecular weight is 529 g/mol. The minimum Gasteiger partial charge on any atom is -0.307 e. The molecule has 0 aromatic heterocycles. The Balaban J connectivity index is 1.49. The summed E-state index contributed by atoms with van der Waals surface area (Å²) in [6, 6.07) is 13.1. The first-order valence-electron chi connectivity index (χ1n) is 12.0. The third kappa shape index (κ3) is 4.61. The van der Waals surface area contributed by atoms with E-state index in [0.29, 0.717) is 30.8 Å². The van der Waals surface area contributed by atoms with E-state index in [9.17, 15) is 26.9 Å². The van der Waals surface area contributed by atoms with Crippen LogP contribution < -0.4 is 14.3 Å². The number of fused-ring (bicyclic) bond motifs is 2. The molecule has 2 N–H and O–H groups in total. The van der Waals surface area contributed by atoms with Gasteiger partial charge in [0.1, 0.15) is 5.54 Å². The van der Waals surface area contributed by atoms with Gasteiger partial charge >= 0.3 is 0 Å². The largest absolute Gasteiger partial charge is 0.307 e. The third-order valence-corrected chi connectivity index (χ3v) is 9.50. The molecule has 1 amide bonds. The molecule has 0 saturated heterocycles. The number of benzene rings is 2. The van der Waals surface area contributed by atoms with Crippen molar-refractivity contribution in [3.05, 3.63) is 53.6 Å². The molecule has 2 fully saturated rings. The zero-order chi connectivity index (χ0) is 25.8. The van der Waals surface area contributed by atoms with Crippen LogP contribution in [-0.2, 0) is 25.5 Å². The molecule has 1 heterocycles. The summed E-state index contributed by atoms with van der Waals surface area (Å²) in [5.74, 6) is -0.319. The molecule has 2 aromatic rings. The first kappa shape index (κ1) is 24.7. The van der Waals surface area contributed by atoms with Crippen molar-refractivity contribution in [2.24, 2.45) is 0 Å². The molecular weight excluding hydrogens is 500 g/mol. The normalized spacial score (nSPS) is 19.9. The number of sulfonamides is 2. The molecule has 11 heteroatoms. The Morgan fingerprint density at radius 3 is 2.36 bits per heavy atom. The molecule has 3 aliphatic rings. The van der Waals surface area contributed by atoms with Crippen LogP contribution in [0.1, 0.15) is 60.9 Å². The topological polar surface area (TPSA) is 136 Å². The van der Waals surface area contributed by atoms with E-state index >= 15 is 0 Å². The molecule has 0 unspecified atom stereocenters. The fourth-order valence-electron chi connectivity index (χ4n) is 5.41. The quantitative estimate of drug-likeness (QED) is 0.591. The molecule has 1 aliphatic heterocycles. The maximum atomic E-state index is 13.7. The number of rotatable bonds is 6. The maximum absolute atomic E-state index is 13.7. The number of nitrogens with one attached hydrogen (secondary N) is 2. The van der Waals surface area contributed by atoms with Gasteiger partial charge in [-0.2, -0.15) is 9.98 Å². The van der Waals surface area contributed by atoms with Crippen LogP contribution in [0, 0.1) is 11.3 Å². The monoisotopic (exact) mass is 528 g/mol. The molecule has 0 bridgehead atoms. The smallest absolute Gasteiger partial charge is 0.258 e. The first-order valence-corrected chi connectivity index (χ1v) is 15.3. The molecule has 2 saturated carbocycles. The SMILES string of the molecule is CS(=O)(=O)Nc1ccc2c(c1)C1(CCCCC1)CN2C(=O)c1cccc(S(=O)(=O)NC2(C#N)CC2)c1. The van der Waals surface area contributed by atoms with Crippen molar-refractivity contribution in [3.8, 4) is 6.07 Å². The van der Waals surface area contributed by atoms with Crippen LogP contribution in [0.2, 0.25) is 0 Å². The van der Waals surface area contributed by atoms with Gasteiger partial charge in [0.25, 0.3) is 5.91 Å². The van der Waals surface area contributed by atoms with Crippen molar-refractivity contribution in [2.45, 2.75) is 60.8 Å². The highest BCUT2D eigenvalue weighted by Crippen LogP contribution is 2.50. The third-order valence-electron chi connectivity index (χ3n) is 7.36. The molecule has 0 atom stereocenters. The maximum Gasteiger partial charge on any atom is 0.258 e. The number of nitrogens with zero attached hydrogens (tertiary/aromatic N) is 2. The van der Waals surface area contributed by atoms with Crippen LogP contribution in [0.25, 0.3) is 0 Å². The number of hydrogen-bond acceptors (Lipinski definition) is 6. The summed E-state index contributed by atoms with van der Waals surface area (Å²) in [4.78, 5) is 15.4. The standard InChI is InChI=1S/C25H28N4O5S2/c1-35(31,32)27-19-8-9-22-21(15-19)24(10-3-2-4-11-24)17-29(22)23(30)18-6-5-7-20(14-18)36(33,34)28-25(16-26)12-13-25/h5-9,14-15,27-28H,2-4,10-13,17H2,1H3. The van der Waals surface area contributed by atoms with Crippen molar-refractivity contribution in [1.82, 2.24) is 4.72 Å². The summed E-state index contributed by atoms with van der Waals surface area (Å²) in [5, 5.41) is 9.27. The molecule has 5 rings (SSSR count). The van der Waals surface area contributed by atoms with Gasteiger partial charge in [-0.05, 0) is 67.6 Å². The van der Waals surface area contributed by atoms with E-state index < -0.39 is 25.6 Å². The highest BCUT2D eigenvalue weighted by Gasteiger charge is 2.47.